The Morgan fingerprint density at radius 2 is 2.04 bits per heavy atom. The molecule has 0 unspecified atom stereocenters. The molecule has 1 aliphatic heterocycles. The second kappa shape index (κ2) is 7.83. The van der Waals surface area contributed by atoms with E-state index >= 15 is 0 Å². The average molecular weight is 368 g/mol. The molecule has 8 nitrogen and oxygen atoms in total. The number of nitrogens with zero attached hydrogens (tertiary/aromatic N) is 1. The molecule has 1 fully saturated rings. The molecule has 0 saturated carbocycles. The van der Waals surface area contributed by atoms with Gasteiger partial charge < -0.3 is 16.4 Å². The first kappa shape index (κ1) is 19.2. The van der Waals surface area contributed by atoms with E-state index in [9.17, 15) is 18.0 Å². The van der Waals surface area contributed by atoms with Gasteiger partial charge in [-0.3, -0.25) is 13.9 Å². The summed E-state index contributed by atoms with van der Waals surface area (Å²) in [6.07, 6.45) is 0.584. The van der Waals surface area contributed by atoms with Crippen molar-refractivity contribution in [2.45, 2.75) is 26.3 Å². The SMILES string of the molecule is CC(C)[C@H](N)C(=O)NCC(=O)Nc1cccc(N2CCCS2(=O)=O)c1. The Kier molecular flexibility index (Phi) is 6.02. The zero-order chi connectivity index (χ0) is 18.6. The van der Waals surface area contributed by atoms with Crippen LogP contribution in [0.3, 0.4) is 0 Å². The van der Waals surface area contributed by atoms with Crippen LogP contribution in [-0.4, -0.2) is 45.1 Å². The lowest BCUT2D eigenvalue weighted by atomic mass is 10.1. The lowest BCUT2D eigenvalue weighted by Crippen LogP contribution is -2.46. The fraction of sp³-hybridized carbons (Fsp3) is 0.500. The second-order valence-electron chi connectivity index (χ2n) is 6.33. The zero-order valence-electron chi connectivity index (χ0n) is 14.4. The number of sulfonamides is 1. The molecule has 1 atom stereocenters. The zero-order valence-corrected chi connectivity index (χ0v) is 15.2. The van der Waals surface area contributed by atoms with Crippen molar-refractivity contribution in [2.24, 2.45) is 11.7 Å². The number of carbonyl (C=O) groups excluding carboxylic acids is 2. The number of nitrogens with one attached hydrogen (secondary N) is 2. The molecule has 1 aromatic carbocycles. The van der Waals surface area contributed by atoms with E-state index in [0.29, 0.717) is 24.3 Å². The summed E-state index contributed by atoms with van der Waals surface area (Å²) < 4.78 is 25.3. The van der Waals surface area contributed by atoms with Gasteiger partial charge in [-0.1, -0.05) is 19.9 Å². The van der Waals surface area contributed by atoms with Crippen LogP contribution in [0.4, 0.5) is 11.4 Å². The summed E-state index contributed by atoms with van der Waals surface area (Å²) in [6, 6.07) is 5.94. The Labute approximate surface area is 147 Å². The van der Waals surface area contributed by atoms with Gasteiger partial charge in [-0.25, -0.2) is 8.42 Å². The van der Waals surface area contributed by atoms with Crippen LogP contribution in [0, 0.1) is 5.92 Å². The summed E-state index contributed by atoms with van der Waals surface area (Å²) in [7, 11) is -3.27. The average Bonchev–Trinajstić information content (AvgIpc) is 2.91. The van der Waals surface area contributed by atoms with Gasteiger partial charge in [0.2, 0.25) is 21.8 Å². The van der Waals surface area contributed by atoms with Gasteiger partial charge in [0.15, 0.2) is 0 Å². The number of nitrogens with two attached hydrogens (primary N) is 1. The number of amides is 2. The molecule has 25 heavy (non-hydrogen) atoms. The van der Waals surface area contributed by atoms with Crippen LogP contribution in [0.2, 0.25) is 0 Å². The van der Waals surface area contributed by atoms with Crippen molar-refractivity contribution in [1.82, 2.24) is 5.32 Å². The van der Waals surface area contributed by atoms with Gasteiger partial charge in [-0.05, 0) is 30.5 Å². The first-order valence-electron chi connectivity index (χ1n) is 8.14. The van der Waals surface area contributed by atoms with Gasteiger partial charge in [-0.2, -0.15) is 0 Å². The van der Waals surface area contributed by atoms with E-state index in [1.54, 1.807) is 24.3 Å². The molecule has 138 valence electrons. The number of benzene rings is 1. The summed E-state index contributed by atoms with van der Waals surface area (Å²) in [5.41, 5.74) is 6.69. The molecular weight excluding hydrogens is 344 g/mol. The molecule has 0 bridgehead atoms. The lowest BCUT2D eigenvalue weighted by Gasteiger charge is -2.18. The van der Waals surface area contributed by atoms with Gasteiger partial charge in [0.05, 0.1) is 24.0 Å². The fourth-order valence-corrected chi connectivity index (χ4v) is 4.02. The molecule has 0 radical (unpaired) electrons. The lowest BCUT2D eigenvalue weighted by molar-refractivity contribution is -0.125. The highest BCUT2D eigenvalue weighted by atomic mass is 32.2. The normalized spacial score (nSPS) is 17.4. The van der Waals surface area contributed by atoms with Crippen LogP contribution in [0.5, 0.6) is 0 Å². The first-order chi connectivity index (χ1) is 11.7. The minimum absolute atomic E-state index is 0.0258. The molecule has 1 aromatic rings. The molecule has 2 amide bonds. The van der Waals surface area contributed by atoms with E-state index in [-0.39, 0.29) is 24.1 Å². The highest BCUT2D eigenvalue weighted by Gasteiger charge is 2.28. The molecular formula is C16H24N4O4S. The molecule has 4 N–H and O–H groups in total. The summed E-state index contributed by atoms with van der Waals surface area (Å²) in [6.45, 7) is 3.87. The third-order valence-electron chi connectivity index (χ3n) is 3.96. The Hall–Kier alpha value is -2.13. The third kappa shape index (κ3) is 4.93. The molecule has 2 rings (SSSR count). The third-order valence-corrected chi connectivity index (χ3v) is 5.83. The van der Waals surface area contributed by atoms with Crippen molar-refractivity contribution in [2.75, 3.05) is 28.5 Å². The Balaban J connectivity index is 1.96. The molecule has 0 aromatic heterocycles. The smallest absolute Gasteiger partial charge is 0.243 e. The number of rotatable bonds is 6. The Morgan fingerprint density at radius 1 is 1.32 bits per heavy atom. The summed E-state index contributed by atoms with van der Waals surface area (Å²) in [5, 5.41) is 5.12. The van der Waals surface area contributed by atoms with Crippen LogP contribution >= 0.6 is 0 Å². The van der Waals surface area contributed by atoms with Crippen LogP contribution < -0.4 is 20.7 Å². The molecule has 0 aliphatic carbocycles. The van der Waals surface area contributed by atoms with E-state index in [2.05, 4.69) is 10.6 Å². The Morgan fingerprint density at radius 3 is 2.64 bits per heavy atom. The van der Waals surface area contributed by atoms with E-state index < -0.39 is 22.0 Å². The maximum Gasteiger partial charge on any atom is 0.243 e. The number of carbonyl (C=O) groups is 2. The quantitative estimate of drug-likeness (QED) is 0.665. The highest BCUT2D eigenvalue weighted by molar-refractivity contribution is 7.93. The van der Waals surface area contributed by atoms with E-state index in [1.165, 1.54) is 4.31 Å². The predicted molar refractivity (Wildman–Crippen MR) is 96.6 cm³/mol. The van der Waals surface area contributed by atoms with Crippen LogP contribution in [0.15, 0.2) is 24.3 Å². The fourth-order valence-electron chi connectivity index (χ4n) is 2.46. The standard InChI is InChI=1S/C16H24N4O4S/c1-11(2)15(17)16(22)18-10-14(21)19-12-5-3-6-13(9-12)20-7-4-8-25(20,23)24/h3,5-6,9,11,15H,4,7-8,10,17H2,1-2H3,(H,18,22)(H,19,21)/t15-/m0/s1. The van der Waals surface area contributed by atoms with Gasteiger partial charge in [-0.15, -0.1) is 0 Å². The van der Waals surface area contributed by atoms with Gasteiger partial charge in [0.1, 0.15) is 0 Å². The van der Waals surface area contributed by atoms with Crippen molar-refractivity contribution >= 4 is 33.2 Å². The molecule has 0 spiro atoms. The number of hydrogen-bond acceptors (Lipinski definition) is 5. The maximum absolute atomic E-state index is 12.0. The predicted octanol–water partition coefficient (Wildman–Crippen LogP) is 0.265. The second-order valence-corrected chi connectivity index (χ2v) is 8.34. The minimum Gasteiger partial charge on any atom is -0.346 e. The largest absolute Gasteiger partial charge is 0.346 e. The topological polar surface area (TPSA) is 122 Å². The van der Waals surface area contributed by atoms with Crippen molar-refractivity contribution < 1.29 is 18.0 Å². The molecule has 9 heteroatoms. The van der Waals surface area contributed by atoms with Crippen molar-refractivity contribution in [3.63, 3.8) is 0 Å². The molecule has 1 aliphatic rings. The monoisotopic (exact) mass is 368 g/mol. The van der Waals surface area contributed by atoms with Crippen LogP contribution in [0.1, 0.15) is 20.3 Å². The minimum atomic E-state index is -3.27. The van der Waals surface area contributed by atoms with E-state index in [0.717, 1.165) is 0 Å². The highest BCUT2D eigenvalue weighted by Crippen LogP contribution is 2.26. The van der Waals surface area contributed by atoms with Gasteiger partial charge >= 0.3 is 0 Å². The Bertz CT molecular complexity index is 748. The van der Waals surface area contributed by atoms with E-state index in [1.807, 2.05) is 13.8 Å². The summed E-state index contributed by atoms with van der Waals surface area (Å²) in [4.78, 5) is 23.7. The molecule has 1 heterocycles. The van der Waals surface area contributed by atoms with Crippen molar-refractivity contribution in [1.29, 1.82) is 0 Å². The van der Waals surface area contributed by atoms with Crippen molar-refractivity contribution in [3.05, 3.63) is 24.3 Å². The van der Waals surface area contributed by atoms with Crippen LogP contribution in [-0.2, 0) is 19.6 Å². The molecule has 1 saturated heterocycles. The summed E-state index contributed by atoms with van der Waals surface area (Å²) in [5.74, 6) is -0.693. The van der Waals surface area contributed by atoms with Crippen molar-refractivity contribution in [3.8, 4) is 0 Å². The van der Waals surface area contributed by atoms with E-state index in [4.69, 9.17) is 5.73 Å². The van der Waals surface area contributed by atoms with Gasteiger partial charge in [0, 0.05) is 12.2 Å². The van der Waals surface area contributed by atoms with Crippen LogP contribution in [0.25, 0.3) is 0 Å². The summed E-state index contributed by atoms with van der Waals surface area (Å²) >= 11 is 0. The number of anilines is 2. The maximum atomic E-state index is 12.0. The van der Waals surface area contributed by atoms with Gasteiger partial charge in [0.25, 0.3) is 0 Å². The first-order valence-corrected chi connectivity index (χ1v) is 9.75. The number of hydrogen-bond donors (Lipinski definition) is 3.